The quantitative estimate of drug-likeness (QED) is 0.419. The van der Waals surface area contributed by atoms with Gasteiger partial charge in [0.1, 0.15) is 6.29 Å². The molecule has 0 amide bonds. The fourth-order valence-corrected chi connectivity index (χ4v) is 0.574. The second-order valence-corrected chi connectivity index (χ2v) is 1.46. The molecule has 0 aliphatic carbocycles. The molecule has 0 aromatic heterocycles. The predicted molar refractivity (Wildman–Crippen MR) is 25.7 cm³/mol. The Morgan fingerprint density at radius 3 is 2.12 bits per heavy atom. The summed E-state index contributed by atoms with van der Waals surface area (Å²) in [6.07, 6.45) is 0.708. The average molecular weight is 167 g/mol. The fourth-order valence-electron chi connectivity index (χ4n) is 0.574. The van der Waals surface area contributed by atoms with Crippen molar-refractivity contribution in [1.82, 2.24) is 0 Å². The Balaban J connectivity index is 0.000000490. The van der Waals surface area contributed by atoms with E-state index in [-0.39, 0.29) is 25.8 Å². The molecule has 3 heteroatoms. The van der Waals surface area contributed by atoms with E-state index in [1.54, 1.807) is 0 Å². The minimum atomic E-state index is -0.0139. The van der Waals surface area contributed by atoms with Crippen LogP contribution in [0.15, 0.2) is 0 Å². The van der Waals surface area contributed by atoms with Crippen LogP contribution in [0.2, 0.25) is 0 Å². The summed E-state index contributed by atoms with van der Waals surface area (Å²) in [6, 6.07) is 0. The topological polar surface area (TPSA) is 18.5 Å². The maximum Gasteiger partial charge on any atom is 0.131 e. The average Bonchev–Trinajstić information content (AvgIpc) is 2.14. The Labute approximate surface area is 62.3 Å². The van der Waals surface area contributed by atoms with E-state index in [4.69, 9.17) is 9.47 Å². The molecule has 0 N–H and O–H groups in total. The molecule has 0 bridgehead atoms. The minimum absolute atomic E-state index is 0. The molecule has 0 aromatic rings. The van der Waals surface area contributed by atoms with E-state index in [1.165, 1.54) is 0 Å². The Morgan fingerprint density at radius 2 is 1.88 bits per heavy atom. The first-order valence-electron chi connectivity index (χ1n) is 2.46. The van der Waals surface area contributed by atoms with Gasteiger partial charge in [0.05, 0.1) is 13.2 Å². The molecule has 0 aromatic carbocycles. The summed E-state index contributed by atoms with van der Waals surface area (Å²) in [5.41, 5.74) is 0. The van der Waals surface area contributed by atoms with Crippen LogP contribution in [-0.4, -0.2) is 19.5 Å². The van der Waals surface area contributed by atoms with Gasteiger partial charge in [-0.1, -0.05) is 0 Å². The fraction of sp³-hybridized carbons (Fsp3) is 0.800. The third-order valence-corrected chi connectivity index (χ3v) is 0.927. The number of ether oxygens (including phenoxy) is 2. The van der Waals surface area contributed by atoms with E-state index in [1.807, 2.05) is 0 Å². The van der Waals surface area contributed by atoms with Crippen LogP contribution in [0, 0.1) is 6.92 Å². The molecular formula is C5H9O2Zn-. The standard InChI is InChI=1S/C5H9O2.Zn/c1-2-5-6-3-4-7-5;/h5H,1-4H2;/q-1;. The van der Waals surface area contributed by atoms with Crippen LogP contribution in [-0.2, 0) is 29.0 Å². The van der Waals surface area contributed by atoms with E-state index in [0.717, 1.165) is 19.6 Å². The van der Waals surface area contributed by atoms with Gasteiger partial charge in [0.25, 0.3) is 0 Å². The van der Waals surface area contributed by atoms with E-state index in [9.17, 15) is 0 Å². The molecule has 0 saturated carbocycles. The molecule has 1 aliphatic rings. The molecule has 1 fully saturated rings. The maximum atomic E-state index is 5.02. The van der Waals surface area contributed by atoms with Crippen LogP contribution < -0.4 is 0 Å². The smallest absolute Gasteiger partial charge is 0.131 e. The zero-order valence-electron chi connectivity index (χ0n) is 4.93. The van der Waals surface area contributed by atoms with Gasteiger partial charge >= 0.3 is 0 Å². The van der Waals surface area contributed by atoms with Crippen LogP contribution in [0.3, 0.4) is 0 Å². The molecule has 1 heterocycles. The van der Waals surface area contributed by atoms with Gasteiger partial charge in [-0.15, -0.1) is 6.42 Å². The third-order valence-electron chi connectivity index (χ3n) is 0.927. The summed E-state index contributed by atoms with van der Waals surface area (Å²) in [5.74, 6) is 0. The molecule has 1 aliphatic heterocycles. The van der Waals surface area contributed by atoms with Crippen molar-refractivity contribution in [2.45, 2.75) is 12.7 Å². The Hall–Kier alpha value is 0.543. The van der Waals surface area contributed by atoms with Crippen molar-refractivity contribution in [3.05, 3.63) is 6.92 Å². The second-order valence-electron chi connectivity index (χ2n) is 1.46. The summed E-state index contributed by atoms with van der Waals surface area (Å²) in [4.78, 5) is 0. The van der Waals surface area contributed by atoms with Gasteiger partial charge in [0.15, 0.2) is 0 Å². The van der Waals surface area contributed by atoms with Gasteiger partial charge in [-0.25, -0.2) is 0 Å². The molecule has 2 nitrogen and oxygen atoms in total. The molecule has 0 unspecified atom stereocenters. The van der Waals surface area contributed by atoms with Crippen molar-refractivity contribution in [3.63, 3.8) is 0 Å². The Bertz CT molecular complexity index is 52.4. The summed E-state index contributed by atoms with van der Waals surface area (Å²) in [7, 11) is 0. The van der Waals surface area contributed by atoms with Crippen molar-refractivity contribution in [2.75, 3.05) is 13.2 Å². The van der Waals surface area contributed by atoms with Crippen molar-refractivity contribution in [3.8, 4) is 0 Å². The summed E-state index contributed by atoms with van der Waals surface area (Å²) >= 11 is 0. The maximum absolute atomic E-state index is 5.02. The number of hydrogen-bond acceptors (Lipinski definition) is 2. The van der Waals surface area contributed by atoms with Gasteiger partial charge in [-0.2, -0.15) is 0 Å². The van der Waals surface area contributed by atoms with Gasteiger partial charge in [-0.05, 0) is 0 Å². The van der Waals surface area contributed by atoms with Crippen LogP contribution in [0.1, 0.15) is 6.42 Å². The van der Waals surface area contributed by atoms with E-state index in [0.29, 0.717) is 0 Å². The Morgan fingerprint density at radius 1 is 1.38 bits per heavy atom. The van der Waals surface area contributed by atoms with Gasteiger partial charge in [0, 0.05) is 19.5 Å². The first kappa shape index (κ1) is 8.54. The number of hydrogen-bond donors (Lipinski definition) is 0. The number of rotatable bonds is 1. The third kappa shape index (κ3) is 2.21. The first-order chi connectivity index (χ1) is 3.43. The van der Waals surface area contributed by atoms with Crippen LogP contribution in [0.5, 0.6) is 0 Å². The van der Waals surface area contributed by atoms with Crippen molar-refractivity contribution in [2.24, 2.45) is 0 Å². The molecule has 0 atom stereocenters. The summed E-state index contributed by atoms with van der Waals surface area (Å²) in [6.45, 7) is 5.09. The molecule has 44 valence electrons. The minimum Gasteiger partial charge on any atom is -0.353 e. The van der Waals surface area contributed by atoms with Gasteiger partial charge in [0.2, 0.25) is 0 Å². The predicted octanol–water partition coefficient (Wildman–Crippen LogP) is 0.581. The van der Waals surface area contributed by atoms with E-state index >= 15 is 0 Å². The summed E-state index contributed by atoms with van der Waals surface area (Å²) in [5, 5.41) is 0. The van der Waals surface area contributed by atoms with E-state index < -0.39 is 0 Å². The van der Waals surface area contributed by atoms with Gasteiger partial charge < -0.3 is 16.4 Å². The van der Waals surface area contributed by atoms with Crippen LogP contribution >= 0.6 is 0 Å². The molecule has 0 radical (unpaired) electrons. The summed E-state index contributed by atoms with van der Waals surface area (Å²) < 4.78 is 10.0. The Kier molecular flexibility index (Phi) is 4.73. The van der Waals surface area contributed by atoms with E-state index in [2.05, 4.69) is 6.92 Å². The van der Waals surface area contributed by atoms with Crippen molar-refractivity contribution < 1.29 is 29.0 Å². The molecule has 8 heavy (non-hydrogen) atoms. The molecule has 1 saturated heterocycles. The van der Waals surface area contributed by atoms with Crippen LogP contribution in [0.4, 0.5) is 0 Å². The van der Waals surface area contributed by atoms with Crippen LogP contribution in [0.25, 0.3) is 0 Å². The first-order valence-corrected chi connectivity index (χ1v) is 2.46. The zero-order chi connectivity index (χ0) is 5.11. The van der Waals surface area contributed by atoms with Crippen molar-refractivity contribution in [1.29, 1.82) is 0 Å². The molecule has 1 rings (SSSR count). The zero-order valence-corrected chi connectivity index (χ0v) is 7.90. The monoisotopic (exact) mass is 165 g/mol. The van der Waals surface area contributed by atoms with Crippen molar-refractivity contribution >= 4 is 0 Å². The largest absolute Gasteiger partial charge is 0.353 e. The van der Waals surface area contributed by atoms with Gasteiger partial charge in [-0.3, -0.25) is 0 Å². The second kappa shape index (κ2) is 4.42. The SMILES string of the molecule is [CH2-]CC1OCCO1.[Zn]. The molecule has 0 spiro atoms. The normalized spacial score (nSPS) is 20.6. The molecular weight excluding hydrogens is 157 g/mol.